The maximum atomic E-state index is 12.8. The summed E-state index contributed by atoms with van der Waals surface area (Å²) < 4.78 is 5.13. The number of nitrogens with one attached hydrogen (secondary N) is 2. The summed E-state index contributed by atoms with van der Waals surface area (Å²) in [6.45, 7) is 0.224. The number of amides is 2. The Morgan fingerprint density at radius 1 is 1.03 bits per heavy atom. The highest BCUT2D eigenvalue weighted by Gasteiger charge is 2.30. The van der Waals surface area contributed by atoms with Gasteiger partial charge in [-0.25, -0.2) is 0 Å². The molecule has 2 amide bonds. The molecule has 3 rings (SSSR count). The molecule has 2 aromatic carbocycles. The molecule has 2 aromatic rings. The van der Waals surface area contributed by atoms with Gasteiger partial charge < -0.3 is 20.5 Å². The quantitative estimate of drug-likeness (QED) is 0.531. The van der Waals surface area contributed by atoms with Crippen LogP contribution >= 0.6 is 23.2 Å². The molecule has 32 heavy (non-hydrogen) atoms. The van der Waals surface area contributed by atoms with E-state index in [0.29, 0.717) is 47.2 Å². The van der Waals surface area contributed by atoms with Crippen molar-refractivity contribution in [2.45, 2.75) is 32.2 Å². The minimum Gasteiger partial charge on any atom is -0.495 e. The van der Waals surface area contributed by atoms with E-state index in [1.165, 1.54) is 13.2 Å². The summed E-state index contributed by atoms with van der Waals surface area (Å²) in [5, 5.41) is 15.5. The molecule has 0 spiro atoms. The lowest BCUT2D eigenvalue weighted by molar-refractivity contribution is -0.143. The maximum absolute atomic E-state index is 12.8. The number of anilines is 1. The fourth-order valence-corrected chi connectivity index (χ4v) is 4.20. The van der Waals surface area contributed by atoms with E-state index in [4.69, 9.17) is 33.0 Å². The third kappa shape index (κ3) is 5.93. The van der Waals surface area contributed by atoms with E-state index < -0.39 is 17.8 Å². The van der Waals surface area contributed by atoms with Crippen LogP contribution in [-0.4, -0.2) is 30.0 Å². The average Bonchev–Trinajstić information content (AvgIpc) is 2.78. The van der Waals surface area contributed by atoms with Crippen LogP contribution < -0.4 is 15.4 Å². The van der Waals surface area contributed by atoms with Gasteiger partial charge in [0.05, 0.1) is 29.3 Å². The van der Waals surface area contributed by atoms with E-state index >= 15 is 0 Å². The molecule has 1 aliphatic rings. The van der Waals surface area contributed by atoms with Crippen molar-refractivity contribution in [3.63, 3.8) is 0 Å². The molecule has 170 valence electrons. The molecule has 7 nitrogen and oxygen atoms in total. The van der Waals surface area contributed by atoms with Crippen LogP contribution in [0.3, 0.4) is 0 Å². The highest BCUT2D eigenvalue weighted by atomic mass is 35.5. The predicted octanol–water partition coefficient (Wildman–Crippen LogP) is 4.76. The van der Waals surface area contributed by atoms with E-state index in [-0.39, 0.29) is 23.9 Å². The summed E-state index contributed by atoms with van der Waals surface area (Å²) in [7, 11) is 1.52. The van der Waals surface area contributed by atoms with Crippen LogP contribution in [0, 0.1) is 11.8 Å². The third-order valence-corrected chi connectivity index (χ3v) is 6.13. The van der Waals surface area contributed by atoms with E-state index in [2.05, 4.69) is 10.6 Å². The average molecular weight is 479 g/mol. The number of aliphatic carboxylic acids is 1. The maximum Gasteiger partial charge on any atom is 0.306 e. The Kier molecular flexibility index (Phi) is 7.99. The number of rotatable bonds is 7. The predicted molar refractivity (Wildman–Crippen MR) is 122 cm³/mol. The van der Waals surface area contributed by atoms with Gasteiger partial charge in [0.15, 0.2) is 0 Å². The lowest BCUT2D eigenvalue weighted by Gasteiger charge is -2.25. The molecule has 0 bridgehead atoms. The lowest BCUT2D eigenvalue weighted by atomic mass is 9.81. The van der Waals surface area contributed by atoms with E-state index in [1.54, 1.807) is 30.3 Å². The normalized spacial score (nSPS) is 18.0. The van der Waals surface area contributed by atoms with Gasteiger partial charge in [-0.1, -0.05) is 29.3 Å². The zero-order valence-electron chi connectivity index (χ0n) is 17.5. The molecular formula is C23H24Cl2N2O5. The van der Waals surface area contributed by atoms with Crippen molar-refractivity contribution in [3.05, 3.63) is 57.6 Å². The second-order valence-corrected chi connectivity index (χ2v) is 8.56. The minimum atomic E-state index is -0.821. The van der Waals surface area contributed by atoms with Crippen molar-refractivity contribution in [2.24, 2.45) is 11.8 Å². The second-order valence-electron chi connectivity index (χ2n) is 7.72. The first-order valence-electron chi connectivity index (χ1n) is 10.2. The number of ether oxygens (including phenoxy) is 1. The Morgan fingerprint density at radius 2 is 1.72 bits per heavy atom. The summed E-state index contributed by atoms with van der Waals surface area (Å²) in [5.74, 6) is -1.60. The van der Waals surface area contributed by atoms with Crippen LogP contribution in [0.5, 0.6) is 5.75 Å². The fraction of sp³-hybridized carbons (Fsp3) is 0.348. The zero-order valence-corrected chi connectivity index (χ0v) is 19.0. The van der Waals surface area contributed by atoms with Crippen LogP contribution in [0.25, 0.3) is 0 Å². The van der Waals surface area contributed by atoms with Gasteiger partial charge in [0, 0.05) is 17.5 Å². The van der Waals surface area contributed by atoms with Gasteiger partial charge in [-0.3, -0.25) is 14.4 Å². The highest BCUT2D eigenvalue weighted by Crippen LogP contribution is 2.31. The van der Waals surface area contributed by atoms with Gasteiger partial charge >= 0.3 is 5.97 Å². The molecule has 0 radical (unpaired) electrons. The van der Waals surface area contributed by atoms with Crippen LogP contribution in [0.2, 0.25) is 10.0 Å². The summed E-state index contributed by atoms with van der Waals surface area (Å²) in [6, 6.07) is 9.89. The van der Waals surface area contributed by atoms with Gasteiger partial charge in [-0.2, -0.15) is 0 Å². The SMILES string of the molecule is COc1ccc(CNC(=O)c2cc(Cl)ccc2NC(=O)C2CCC(C(=O)O)CC2)cc1Cl. The van der Waals surface area contributed by atoms with Crippen LogP contribution in [-0.2, 0) is 16.1 Å². The fourth-order valence-electron chi connectivity index (χ4n) is 3.75. The molecule has 0 heterocycles. The van der Waals surface area contributed by atoms with E-state index in [0.717, 1.165) is 5.56 Å². The monoisotopic (exact) mass is 478 g/mol. The summed E-state index contributed by atoms with van der Waals surface area (Å²) in [6.07, 6.45) is 1.92. The molecule has 0 aromatic heterocycles. The number of benzene rings is 2. The molecule has 3 N–H and O–H groups in total. The van der Waals surface area contributed by atoms with Gasteiger partial charge in [-0.05, 0) is 61.6 Å². The number of carboxylic acid groups (broad SMARTS) is 1. The first-order valence-corrected chi connectivity index (χ1v) is 11.0. The Labute approximate surface area is 196 Å². The van der Waals surface area contributed by atoms with Crippen molar-refractivity contribution in [1.82, 2.24) is 5.32 Å². The van der Waals surface area contributed by atoms with Gasteiger partial charge in [0.25, 0.3) is 5.91 Å². The number of halogens is 2. The van der Waals surface area contributed by atoms with Gasteiger partial charge in [0.2, 0.25) is 5.91 Å². The zero-order chi connectivity index (χ0) is 23.3. The summed E-state index contributed by atoms with van der Waals surface area (Å²) >= 11 is 12.2. The van der Waals surface area contributed by atoms with Crippen LogP contribution in [0.1, 0.15) is 41.6 Å². The van der Waals surface area contributed by atoms with E-state index in [9.17, 15) is 14.4 Å². The Balaban J connectivity index is 1.66. The summed E-state index contributed by atoms with van der Waals surface area (Å²) in [5.41, 5.74) is 1.38. The topological polar surface area (TPSA) is 105 Å². The number of hydrogen-bond donors (Lipinski definition) is 3. The Morgan fingerprint density at radius 3 is 2.34 bits per heavy atom. The second kappa shape index (κ2) is 10.7. The number of carbonyl (C=O) groups is 3. The lowest BCUT2D eigenvalue weighted by Crippen LogP contribution is -2.30. The Hall–Kier alpha value is -2.77. The largest absolute Gasteiger partial charge is 0.495 e. The Bertz CT molecular complexity index is 1020. The molecule has 1 aliphatic carbocycles. The number of methoxy groups -OCH3 is 1. The standard InChI is InChI=1S/C23H24Cl2N2O5/c1-32-20-9-2-13(10-18(20)25)12-26-22(29)17-11-16(24)7-8-19(17)27-21(28)14-3-5-15(6-4-14)23(30)31/h2,7-11,14-15H,3-6,12H2,1H3,(H,26,29)(H,27,28)(H,30,31). The molecule has 1 saturated carbocycles. The van der Waals surface area contributed by atoms with Crippen molar-refractivity contribution in [1.29, 1.82) is 0 Å². The molecule has 0 atom stereocenters. The van der Waals surface area contributed by atoms with Crippen LogP contribution in [0.4, 0.5) is 5.69 Å². The first kappa shape index (κ1) is 23.9. The molecular weight excluding hydrogens is 455 g/mol. The van der Waals surface area contributed by atoms with Crippen molar-refractivity contribution in [2.75, 3.05) is 12.4 Å². The third-order valence-electron chi connectivity index (χ3n) is 5.60. The highest BCUT2D eigenvalue weighted by molar-refractivity contribution is 6.32. The first-order chi connectivity index (χ1) is 15.3. The van der Waals surface area contributed by atoms with Gasteiger partial charge in [-0.15, -0.1) is 0 Å². The molecule has 0 saturated heterocycles. The molecule has 0 aliphatic heterocycles. The molecule has 0 unspecified atom stereocenters. The van der Waals surface area contributed by atoms with Crippen molar-refractivity contribution < 1.29 is 24.2 Å². The number of hydrogen-bond acceptors (Lipinski definition) is 4. The number of carbonyl (C=O) groups excluding carboxylic acids is 2. The number of carboxylic acids is 1. The van der Waals surface area contributed by atoms with Gasteiger partial charge in [0.1, 0.15) is 5.75 Å². The molecule has 9 heteroatoms. The van der Waals surface area contributed by atoms with E-state index in [1.807, 2.05) is 0 Å². The minimum absolute atomic E-state index is 0.224. The van der Waals surface area contributed by atoms with Crippen molar-refractivity contribution in [3.8, 4) is 5.75 Å². The molecule has 1 fully saturated rings. The van der Waals surface area contributed by atoms with Crippen molar-refractivity contribution >= 4 is 46.7 Å². The van der Waals surface area contributed by atoms with Crippen LogP contribution in [0.15, 0.2) is 36.4 Å². The smallest absolute Gasteiger partial charge is 0.306 e. The summed E-state index contributed by atoms with van der Waals surface area (Å²) in [4.78, 5) is 36.7.